The number of ether oxygens (including phenoxy) is 1. The quantitative estimate of drug-likeness (QED) is 0.697. The molecule has 0 N–H and O–H groups in total. The van der Waals surface area contributed by atoms with E-state index in [0.29, 0.717) is 6.54 Å². The number of anilines is 1. The number of benzene rings is 1. The van der Waals surface area contributed by atoms with E-state index >= 15 is 0 Å². The van der Waals surface area contributed by atoms with Gasteiger partial charge >= 0.3 is 6.09 Å². The minimum atomic E-state index is -0.448. The highest BCUT2D eigenvalue weighted by molar-refractivity contribution is 9.10. The van der Waals surface area contributed by atoms with E-state index < -0.39 is 5.60 Å². The molecule has 2 saturated heterocycles. The van der Waals surface area contributed by atoms with Crippen LogP contribution in [-0.2, 0) is 11.3 Å². The maximum atomic E-state index is 12.4. The molecule has 0 spiro atoms. The van der Waals surface area contributed by atoms with Crippen molar-refractivity contribution in [2.75, 3.05) is 37.6 Å². The highest BCUT2D eigenvalue weighted by Gasteiger charge is 2.31. The van der Waals surface area contributed by atoms with Gasteiger partial charge in [0, 0.05) is 55.5 Å². The summed E-state index contributed by atoms with van der Waals surface area (Å²) < 4.78 is 6.69. The molecular formula is C21H32BrN3O2. The summed E-state index contributed by atoms with van der Waals surface area (Å²) in [6.07, 6.45) is 2.35. The molecule has 27 heavy (non-hydrogen) atoms. The predicted molar refractivity (Wildman–Crippen MR) is 113 cm³/mol. The van der Waals surface area contributed by atoms with Crippen LogP contribution in [0, 0.1) is 0 Å². The average Bonchev–Trinajstić information content (AvgIpc) is 3.09. The van der Waals surface area contributed by atoms with Gasteiger partial charge in [-0.15, -0.1) is 0 Å². The fourth-order valence-electron chi connectivity index (χ4n) is 3.93. The van der Waals surface area contributed by atoms with Gasteiger partial charge in [-0.05, 0) is 58.2 Å². The van der Waals surface area contributed by atoms with E-state index in [1.807, 2.05) is 25.7 Å². The number of hydrogen-bond acceptors (Lipinski definition) is 4. The van der Waals surface area contributed by atoms with Crippen LogP contribution in [0.25, 0.3) is 0 Å². The van der Waals surface area contributed by atoms with Crippen LogP contribution in [0.2, 0.25) is 0 Å². The molecule has 3 rings (SSSR count). The summed E-state index contributed by atoms with van der Waals surface area (Å²) in [5.41, 5.74) is 2.28. The lowest BCUT2D eigenvalue weighted by Gasteiger charge is -2.40. The SMILES string of the molecule is C[C@@H]1CN(Cc2ccc(Br)cc2N2CCCC2)CCN1C(=O)OC(C)(C)C. The van der Waals surface area contributed by atoms with Gasteiger partial charge in [0.05, 0.1) is 0 Å². The lowest BCUT2D eigenvalue weighted by atomic mass is 10.1. The van der Waals surface area contributed by atoms with Crippen LogP contribution in [0.1, 0.15) is 46.1 Å². The number of rotatable bonds is 3. The number of nitrogens with zero attached hydrogens (tertiary/aromatic N) is 3. The Morgan fingerprint density at radius 1 is 1.19 bits per heavy atom. The fraction of sp³-hybridized carbons (Fsp3) is 0.667. The molecule has 150 valence electrons. The maximum absolute atomic E-state index is 12.4. The van der Waals surface area contributed by atoms with Crippen molar-refractivity contribution in [3.63, 3.8) is 0 Å². The van der Waals surface area contributed by atoms with Crippen molar-refractivity contribution >= 4 is 27.7 Å². The van der Waals surface area contributed by atoms with E-state index in [1.54, 1.807) is 0 Å². The van der Waals surface area contributed by atoms with Crippen molar-refractivity contribution in [2.45, 2.75) is 58.7 Å². The van der Waals surface area contributed by atoms with E-state index in [-0.39, 0.29) is 12.1 Å². The van der Waals surface area contributed by atoms with Crippen LogP contribution in [0.4, 0.5) is 10.5 Å². The first-order valence-corrected chi connectivity index (χ1v) is 10.8. The zero-order valence-corrected chi connectivity index (χ0v) is 18.6. The zero-order valence-electron chi connectivity index (χ0n) is 17.0. The number of carbonyl (C=O) groups is 1. The molecule has 5 nitrogen and oxygen atoms in total. The van der Waals surface area contributed by atoms with Crippen LogP contribution >= 0.6 is 15.9 Å². The van der Waals surface area contributed by atoms with Crippen molar-refractivity contribution in [2.24, 2.45) is 0 Å². The zero-order chi connectivity index (χ0) is 19.6. The number of hydrogen-bond donors (Lipinski definition) is 0. The van der Waals surface area contributed by atoms with Gasteiger partial charge in [-0.3, -0.25) is 4.90 Å². The highest BCUT2D eigenvalue weighted by Crippen LogP contribution is 2.29. The standard InChI is InChI=1S/C21H32BrN3O2/c1-16-14-23(11-12-25(16)20(26)27-21(2,3)4)15-17-7-8-18(22)13-19(17)24-9-5-6-10-24/h7-8,13,16H,5-6,9-12,14-15H2,1-4H3/t16-/m1/s1. The van der Waals surface area contributed by atoms with Gasteiger partial charge in [-0.25, -0.2) is 4.79 Å². The molecule has 0 unspecified atom stereocenters. The first kappa shape index (κ1) is 20.5. The Balaban J connectivity index is 1.64. The molecule has 0 aromatic heterocycles. The minimum absolute atomic E-state index is 0.152. The molecule has 0 saturated carbocycles. The Hall–Kier alpha value is -1.27. The minimum Gasteiger partial charge on any atom is -0.444 e. The van der Waals surface area contributed by atoms with Crippen molar-refractivity contribution in [1.29, 1.82) is 0 Å². The molecule has 0 bridgehead atoms. The van der Waals surface area contributed by atoms with E-state index in [9.17, 15) is 4.79 Å². The van der Waals surface area contributed by atoms with Gasteiger partial charge in [0.2, 0.25) is 0 Å². The molecule has 0 aliphatic carbocycles. The van der Waals surface area contributed by atoms with Crippen LogP contribution in [0.15, 0.2) is 22.7 Å². The summed E-state index contributed by atoms with van der Waals surface area (Å²) in [4.78, 5) is 19.2. The molecule has 0 radical (unpaired) electrons. The van der Waals surface area contributed by atoms with Crippen molar-refractivity contribution in [3.05, 3.63) is 28.2 Å². The number of halogens is 1. The van der Waals surface area contributed by atoms with Crippen LogP contribution in [0.3, 0.4) is 0 Å². The lowest BCUT2D eigenvalue weighted by Crippen LogP contribution is -2.54. The van der Waals surface area contributed by atoms with Gasteiger partial charge in [0.1, 0.15) is 5.60 Å². The molecule has 1 aromatic carbocycles. The van der Waals surface area contributed by atoms with Crippen LogP contribution in [-0.4, -0.2) is 60.3 Å². The summed E-state index contributed by atoms with van der Waals surface area (Å²) in [7, 11) is 0. The normalized spacial score (nSPS) is 21.6. The molecule has 2 aliphatic rings. The largest absolute Gasteiger partial charge is 0.444 e. The Labute approximate surface area is 171 Å². The summed E-state index contributed by atoms with van der Waals surface area (Å²) in [6.45, 7) is 13.5. The topological polar surface area (TPSA) is 36.0 Å². The Morgan fingerprint density at radius 3 is 2.52 bits per heavy atom. The molecule has 2 fully saturated rings. The smallest absolute Gasteiger partial charge is 0.410 e. The van der Waals surface area contributed by atoms with E-state index in [1.165, 1.54) is 24.1 Å². The van der Waals surface area contributed by atoms with Gasteiger partial charge in [0.15, 0.2) is 0 Å². The second-order valence-electron chi connectivity index (χ2n) is 8.73. The van der Waals surface area contributed by atoms with Gasteiger partial charge < -0.3 is 14.5 Å². The Bertz CT molecular complexity index is 668. The molecule has 2 heterocycles. The first-order valence-electron chi connectivity index (χ1n) is 9.98. The Morgan fingerprint density at radius 2 is 1.89 bits per heavy atom. The predicted octanol–water partition coefficient (Wildman–Crippen LogP) is 4.49. The van der Waals surface area contributed by atoms with E-state index in [0.717, 1.165) is 37.2 Å². The summed E-state index contributed by atoms with van der Waals surface area (Å²) in [5.74, 6) is 0. The van der Waals surface area contributed by atoms with Gasteiger partial charge in [0.25, 0.3) is 0 Å². The van der Waals surface area contributed by atoms with E-state index in [2.05, 4.69) is 50.9 Å². The summed E-state index contributed by atoms with van der Waals surface area (Å²) >= 11 is 3.63. The molecule has 1 atom stereocenters. The third kappa shape index (κ3) is 5.38. The first-order chi connectivity index (χ1) is 12.7. The maximum Gasteiger partial charge on any atom is 0.410 e. The number of amides is 1. The number of piperazine rings is 1. The monoisotopic (exact) mass is 437 g/mol. The molecular weight excluding hydrogens is 406 g/mol. The summed E-state index contributed by atoms with van der Waals surface area (Å²) in [6, 6.07) is 6.78. The average molecular weight is 438 g/mol. The van der Waals surface area contributed by atoms with Gasteiger partial charge in [-0.1, -0.05) is 22.0 Å². The third-order valence-corrected chi connectivity index (χ3v) is 5.72. The van der Waals surface area contributed by atoms with E-state index in [4.69, 9.17) is 4.74 Å². The molecule has 1 amide bonds. The third-order valence-electron chi connectivity index (χ3n) is 5.23. The molecule has 2 aliphatic heterocycles. The van der Waals surface area contributed by atoms with Gasteiger partial charge in [-0.2, -0.15) is 0 Å². The molecule has 6 heteroatoms. The second-order valence-corrected chi connectivity index (χ2v) is 9.64. The van der Waals surface area contributed by atoms with Crippen LogP contribution in [0.5, 0.6) is 0 Å². The fourth-order valence-corrected chi connectivity index (χ4v) is 4.28. The highest BCUT2D eigenvalue weighted by atomic mass is 79.9. The van der Waals surface area contributed by atoms with Crippen molar-refractivity contribution in [1.82, 2.24) is 9.80 Å². The number of carbonyl (C=O) groups excluding carboxylic acids is 1. The second kappa shape index (κ2) is 8.39. The van der Waals surface area contributed by atoms with Crippen molar-refractivity contribution < 1.29 is 9.53 Å². The molecule has 1 aromatic rings. The van der Waals surface area contributed by atoms with Crippen LogP contribution < -0.4 is 4.90 Å². The lowest BCUT2D eigenvalue weighted by molar-refractivity contribution is 0.000572. The van der Waals surface area contributed by atoms with Crippen molar-refractivity contribution in [3.8, 4) is 0 Å². The summed E-state index contributed by atoms with van der Waals surface area (Å²) in [5, 5.41) is 0. The Kier molecular flexibility index (Phi) is 6.36.